The molecule has 1 heterocycles. The monoisotopic (exact) mass is 414 g/mol. The fourth-order valence-corrected chi connectivity index (χ4v) is 4.23. The summed E-state index contributed by atoms with van der Waals surface area (Å²) in [6, 6.07) is 18.9. The number of ether oxygens (including phenoxy) is 1. The molecule has 30 heavy (non-hydrogen) atoms. The standard InChI is InChI=1S/C25H37N3O2/c1-21(2)24-10-6-7-11-25(24)30-20-23(29)18-26-12-13-27-14-16-28(17-15-27)19-22-8-4-3-5-9-22/h3-11,21,23,26,29H,12-20H2,1-2H3/p+3/t23-/m1/s1. The maximum Gasteiger partial charge on any atom is 0.137 e. The summed E-state index contributed by atoms with van der Waals surface area (Å²) < 4.78 is 5.89. The molecule has 0 radical (unpaired) electrons. The summed E-state index contributed by atoms with van der Waals surface area (Å²) in [5, 5.41) is 12.5. The Balaban J connectivity index is 1.27. The van der Waals surface area contributed by atoms with Crippen LogP contribution in [0, 0.1) is 0 Å². The predicted molar refractivity (Wildman–Crippen MR) is 120 cm³/mol. The van der Waals surface area contributed by atoms with E-state index in [-0.39, 0.29) is 0 Å². The molecule has 1 atom stereocenters. The number of rotatable bonds is 11. The van der Waals surface area contributed by atoms with Crippen LogP contribution in [0.5, 0.6) is 5.75 Å². The van der Waals surface area contributed by atoms with Crippen LogP contribution in [0.4, 0.5) is 0 Å². The number of benzene rings is 2. The second-order valence-corrected chi connectivity index (χ2v) is 8.88. The number of hydrogen-bond acceptors (Lipinski definition) is 2. The molecule has 5 heteroatoms. The summed E-state index contributed by atoms with van der Waals surface area (Å²) >= 11 is 0. The third-order valence-corrected chi connectivity index (χ3v) is 6.07. The van der Waals surface area contributed by atoms with Gasteiger partial charge < -0.3 is 25.0 Å². The van der Waals surface area contributed by atoms with E-state index in [1.54, 1.807) is 9.80 Å². The highest BCUT2D eigenvalue weighted by atomic mass is 16.5. The summed E-state index contributed by atoms with van der Waals surface area (Å²) in [7, 11) is 0. The van der Waals surface area contributed by atoms with Gasteiger partial charge in [-0.05, 0) is 17.5 Å². The van der Waals surface area contributed by atoms with Crippen LogP contribution >= 0.6 is 0 Å². The van der Waals surface area contributed by atoms with Gasteiger partial charge in [-0.25, -0.2) is 0 Å². The van der Waals surface area contributed by atoms with Crippen molar-refractivity contribution in [3.05, 3.63) is 65.7 Å². The Morgan fingerprint density at radius 3 is 2.33 bits per heavy atom. The molecular formula is C25H40N3O2+3. The molecule has 1 fully saturated rings. The van der Waals surface area contributed by atoms with Gasteiger partial charge in [-0.15, -0.1) is 0 Å². The van der Waals surface area contributed by atoms with Crippen molar-refractivity contribution < 1.29 is 25.0 Å². The van der Waals surface area contributed by atoms with E-state index in [1.807, 2.05) is 18.2 Å². The van der Waals surface area contributed by atoms with Crippen LogP contribution in [-0.2, 0) is 6.54 Å². The van der Waals surface area contributed by atoms with Gasteiger partial charge in [-0.3, -0.25) is 0 Å². The van der Waals surface area contributed by atoms with Gasteiger partial charge in [0, 0.05) is 5.56 Å². The molecule has 1 aliphatic heterocycles. The topological polar surface area (TPSA) is 54.9 Å². The molecule has 1 saturated heterocycles. The quantitative estimate of drug-likeness (QED) is 0.360. The largest absolute Gasteiger partial charge is 0.490 e. The lowest BCUT2D eigenvalue weighted by Crippen LogP contribution is -3.28. The van der Waals surface area contributed by atoms with E-state index in [9.17, 15) is 5.11 Å². The molecule has 0 unspecified atom stereocenters. The first kappa shape index (κ1) is 22.8. The average molecular weight is 415 g/mol. The van der Waals surface area contributed by atoms with Crippen LogP contribution in [0.25, 0.3) is 0 Å². The molecule has 1 aliphatic rings. The zero-order valence-corrected chi connectivity index (χ0v) is 18.6. The summed E-state index contributed by atoms with van der Waals surface area (Å²) in [6.45, 7) is 13.7. The normalized spacial score (nSPS) is 20.3. The number of para-hydroxylation sites is 1. The minimum atomic E-state index is -0.438. The Bertz CT molecular complexity index is 730. The average Bonchev–Trinajstić information content (AvgIpc) is 2.77. The fourth-order valence-electron chi connectivity index (χ4n) is 4.23. The van der Waals surface area contributed by atoms with Gasteiger partial charge in [-0.1, -0.05) is 62.4 Å². The zero-order chi connectivity index (χ0) is 21.2. The van der Waals surface area contributed by atoms with E-state index < -0.39 is 6.10 Å². The van der Waals surface area contributed by atoms with Gasteiger partial charge >= 0.3 is 0 Å². The molecule has 0 aromatic heterocycles. The first-order valence-corrected chi connectivity index (χ1v) is 11.5. The van der Waals surface area contributed by atoms with Crippen molar-refractivity contribution in [1.29, 1.82) is 0 Å². The Morgan fingerprint density at radius 2 is 1.60 bits per heavy atom. The molecule has 5 nitrogen and oxygen atoms in total. The molecule has 0 spiro atoms. The van der Waals surface area contributed by atoms with Crippen LogP contribution in [0.15, 0.2) is 54.6 Å². The molecule has 0 amide bonds. The second-order valence-electron chi connectivity index (χ2n) is 8.88. The summed E-state index contributed by atoms with van der Waals surface area (Å²) in [5.41, 5.74) is 2.64. The smallest absolute Gasteiger partial charge is 0.137 e. The number of aliphatic hydroxyl groups excluding tert-OH is 1. The van der Waals surface area contributed by atoms with E-state index >= 15 is 0 Å². The summed E-state index contributed by atoms with van der Waals surface area (Å²) in [6.07, 6.45) is -0.438. The fraction of sp³-hybridized carbons (Fsp3) is 0.520. The van der Waals surface area contributed by atoms with E-state index in [2.05, 4.69) is 55.6 Å². The predicted octanol–water partition coefficient (Wildman–Crippen LogP) is -0.903. The molecule has 0 saturated carbocycles. The molecule has 164 valence electrons. The lowest BCUT2D eigenvalue weighted by atomic mass is 10.0. The second kappa shape index (κ2) is 12.1. The highest BCUT2D eigenvalue weighted by Gasteiger charge is 2.23. The zero-order valence-electron chi connectivity index (χ0n) is 18.6. The van der Waals surface area contributed by atoms with Gasteiger partial charge in [-0.2, -0.15) is 0 Å². The maximum absolute atomic E-state index is 10.3. The first-order valence-electron chi connectivity index (χ1n) is 11.5. The van der Waals surface area contributed by atoms with Crippen molar-refractivity contribution in [1.82, 2.24) is 0 Å². The van der Waals surface area contributed by atoms with Crippen LogP contribution in [-0.4, -0.2) is 63.6 Å². The number of quaternary nitrogens is 3. The van der Waals surface area contributed by atoms with Crippen molar-refractivity contribution in [3.8, 4) is 5.75 Å². The van der Waals surface area contributed by atoms with E-state index in [4.69, 9.17) is 4.74 Å². The molecular weight excluding hydrogens is 374 g/mol. The van der Waals surface area contributed by atoms with Crippen molar-refractivity contribution >= 4 is 0 Å². The molecule has 0 bridgehead atoms. The van der Waals surface area contributed by atoms with Gasteiger partial charge in [0.1, 0.15) is 70.8 Å². The van der Waals surface area contributed by atoms with E-state index in [0.29, 0.717) is 19.1 Å². The van der Waals surface area contributed by atoms with Gasteiger partial charge in [0.2, 0.25) is 0 Å². The van der Waals surface area contributed by atoms with E-state index in [0.717, 1.165) is 18.8 Å². The minimum absolute atomic E-state index is 0.356. The number of nitrogens with one attached hydrogen (secondary N) is 2. The SMILES string of the molecule is CC(C)c1ccccc1OC[C@H](O)C[NH2+]CC[NH+]1CC[NH+](Cc2ccccc2)CC1. The maximum atomic E-state index is 10.3. The van der Waals surface area contributed by atoms with Gasteiger partial charge in [0.25, 0.3) is 0 Å². The lowest BCUT2D eigenvalue weighted by Gasteiger charge is -2.29. The number of nitrogens with two attached hydrogens (primary N) is 1. The molecule has 2 aromatic carbocycles. The van der Waals surface area contributed by atoms with Crippen LogP contribution < -0.4 is 19.9 Å². The Labute approximate surface area is 181 Å². The summed E-state index contributed by atoms with van der Waals surface area (Å²) in [5.74, 6) is 1.31. The van der Waals surface area contributed by atoms with E-state index in [1.165, 1.54) is 43.9 Å². The van der Waals surface area contributed by atoms with Crippen LogP contribution in [0.1, 0.15) is 30.9 Å². The molecule has 0 aliphatic carbocycles. The highest BCUT2D eigenvalue weighted by molar-refractivity contribution is 5.35. The highest BCUT2D eigenvalue weighted by Crippen LogP contribution is 2.25. The summed E-state index contributed by atoms with van der Waals surface area (Å²) in [4.78, 5) is 3.39. The Kier molecular flexibility index (Phi) is 9.15. The number of aliphatic hydroxyl groups is 1. The third-order valence-electron chi connectivity index (χ3n) is 6.07. The van der Waals surface area contributed by atoms with Crippen LogP contribution in [0.3, 0.4) is 0 Å². The van der Waals surface area contributed by atoms with Crippen molar-refractivity contribution in [3.63, 3.8) is 0 Å². The van der Waals surface area contributed by atoms with Crippen molar-refractivity contribution in [2.24, 2.45) is 0 Å². The molecule has 3 rings (SSSR count). The molecule has 2 aromatic rings. The first-order chi connectivity index (χ1) is 14.6. The molecule has 5 N–H and O–H groups in total. The Hall–Kier alpha value is -1.92. The number of piperazine rings is 1. The number of hydrogen-bond donors (Lipinski definition) is 4. The van der Waals surface area contributed by atoms with Gasteiger partial charge in [0.05, 0.1) is 0 Å². The van der Waals surface area contributed by atoms with Crippen molar-refractivity contribution in [2.45, 2.75) is 32.4 Å². The van der Waals surface area contributed by atoms with Crippen molar-refractivity contribution in [2.75, 3.05) is 52.4 Å². The minimum Gasteiger partial charge on any atom is -0.490 e. The van der Waals surface area contributed by atoms with Gasteiger partial charge in [0.15, 0.2) is 0 Å². The van der Waals surface area contributed by atoms with Crippen LogP contribution in [0.2, 0.25) is 0 Å². The third kappa shape index (κ3) is 7.40. The Morgan fingerprint density at radius 1 is 0.933 bits per heavy atom. The lowest BCUT2D eigenvalue weighted by molar-refractivity contribution is -1.02.